The number of aromatic amines is 1. The zero-order valence-electron chi connectivity index (χ0n) is 14.1. The smallest absolute Gasteiger partial charge is 0.221 e. The van der Waals surface area contributed by atoms with E-state index < -0.39 is 9.84 Å². The van der Waals surface area contributed by atoms with Crippen LogP contribution >= 0.6 is 0 Å². The third kappa shape index (κ3) is 4.48. The van der Waals surface area contributed by atoms with Gasteiger partial charge in [0.05, 0.1) is 22.9 Å². The van der Waals surface area contributed by atoms with Crippen molar-refractivity contribution in [3.8, 4) is 0 Å². The first-order valence-corrected chi connectivity index (χ1v) is 10.3. The van der Waals surface area contributed by atoms with E-state index in [4.69, 9.17) is 0 Å². The van der Waals surface area contributed by atoms with Crippen LogP contribution < -0.4 is 5.32 Å². The normalized spacial score (nSPS) is 14.6. The van der Waals surface area contributed by atoms with Gasteiger partial charge in [0.2, 0.25) is 5.91 Å². The summed E-state index contributed by atoms with van der Waals surface area (Å²) in [6.45, 7) is 0.343. The van der Waals surface area contributed by atoms with Crippen LogP contribution in [0.5, 0.6) is 0 Å². The summed E-state index contributed by atoms with van der Waals surface area (Å²) in [5, 5.41) is 10.2. The molecular formula is C18H23N3O3S. The molecule has 1 aromatic carbocycles. The average molecular weight is 361 g/mol. The number of sulfone groups is 1. The Morgan fingerprint density at radius 2 is 1.88 bits per heavy atom. The number of carbonyl (C=O) groups excluding carboxylic acids is 1. The lowest BCUT2D eigenvalue weighted by Gasteiger charge is -2.07. The molecular weight excluding hydrogens is 338 g/mol. The molecule has 0 fully saturated rings. The molecule has 0 bridgehead atoms. The maximum atomic E-state index is 12.2. The molecule has 7 heteroatoms. The summed E-state index contributed by atoms with van der Waals surface area (Å²) in [6.07, 6.45) is 5.46. The minimum atomic E-state index is -3.43. The number of benzene rings is 1. The van der Waals surface area contributed by atoms with Crippen molar-refractivity contribution in [1.82, 2.24) is 15.5 Å². The lowest BCUT2D eigenvalue weighted by molar-refractivity contribution is -0.120. The molecule has 0 unspecified atom stereocenters. The van der Waals surface area contributed by atoms with E-state index in [0.29, 0.717) is 6.54 Å². The van der Waals surface area contributed by atoms with Crippen molar-refractivity contribution in [3.63, 3.8) is 0 Å². The standard InChI is InChI=1S/C18H23N3O3S/c22-18(11-12-25(23,24)14-7-3-1-4-8-14)19-13-17-15-9-5-2-6-10-16(15)20-21-17/h1,3-4,7-8H,2,5-6,9-13H2,(H,19,22)(H,20,21). The van der Waals surface area contributed by atoms with Crippen molar-refractivity contribution < 1.29 is 13.2 Å². The maximum Gasteiger partial charge on any atom is 0.221 e. The number of hydrogen-bond donors (Lipinski definition) is 2. The van der Waals surface area contributed by atoms with E-state index in [0.717, 1.165) is 25.0 Å². The van der Waals surface area contributed by atoms with Crippen LogP contribution in [0.3, 0.4) is 0 Å². The number of aromatic nitrogens is 2. The second kappa shape index (κ2) is 7.82. The van der Waals surface area contributed by atoms with Crippen LogP contribution in [0.2, 0.25) is 0 Å². The highest BCUT2D eigenvalue weighted by molar-refractivity contribution is 7.91. The lowest BCUT2D eigenvalue weighted by atomic mass is 10.1. The van der Waals surface area contributed by atoms with Gasteiger partial charge in [0.25, 0.3) is 0 Å². The highest BCUT2D eigenvalue weighted by Gasteiger charge is 2.18. The fraction of sp³-hybridized carbons (Fsp3) is 0.444. The molecule has 0 saturated carbocycles. The zero-order chi connectivity index (χ0) is 17.7. The van der Waals surface area contributed by atoms with Gasteiger partial charge in [-0.3, -0.25) is 9.89 Å². The number of fused-ring (bicyclic) bond motifs is 1. The molecule has 1 heterocycles. The fourth-order valence-corrected chi connectivity index (χ4v) is 4.38. The third-order valence-electron chi connectivity index (χ3n) is 4.55. The number of H-pyrrole nitrogens is 1. The van der Waals surface area contributed by atoms with Gasteiger partial charge in [-0.1, -0.05) is 24.6 Å². The number of rotatable bonds is 6. The predicted molar refractivity (Wildman–Crippen MR) is 94.8 cm³/mol. The fourth-order valence-electron chi connectivity index (χ4n) is 3.12. The molecule has 2 N–H and O–H groups in total. The molecule has 1 aromatic heterocycles. The summed E-state index contributed by atoms with van der Waals surface area (Å²) >= 11 is 0. The van der Waals surface area contributed by atoms with E-state index in [2.05, 4.69) is 15.5 Å². The Kier molecular flexibility index (Phi) is 5.53. The highest BCUT2D eigenvalue weighted by Crippen LogP contribution is 2.21. The van der Waals surface area contributed by atoms with Gasteiger partial charge in [0, 0.05) is 12.1 Å². The van der Waals surface area contributed by atoms with Crippen LogP contribution in [0.25, 0.3) is 0 Å². The van der Waals surface area contributed by atoms with Crippen LogP contribution in [-0.2, 0) is 34.0 Å². The van der Waals surface area contributed by atoms with Crippen LogP contribution in [0.4, 0.5) is 0 Å². The maximum absolute atomic E-state index is 12.2. The van der Waals surface area contributed by atoms with Gasteiger partial charge >= 0.3 is 0 Å². The van der Waals surface area contributed by atoms with Gasteiger partial charge < -0.3 is 5.32 Å². The monoisotopic (exact) mass is 361 g/mol. The molecule has 0 radical (unpaired) electrons. The number of hydrogen-bond acceptors (Lipinski definition) is 4. The summed E-state index contributed by atoms with van der Waals surface area (Å²) < 4.78 is 24.4. The van der Waals surface area contributed by atoms with Gasteiger partial charge in [-0.25, -0.2) is 8.42 Å². The minimum absolute atomic E-state index is 0.0517. The molecule has 3 rings (SSSR count). The first kappa shape index (κ1) is 17.7. The molecule has 0 spiro atoms. The predicted octanol–water partition coefficient (Wildman–Crippen LogP) is 2.16. The van der Waals surface area contributed by atoms with Gasteiger partial charge in [-0.15, -0.1) is 0 Å². The topological polar surface area (TPSA) is 91.9 Å². The highest BCUT2D eigenvalue weighted by atomic mass is 32.2. The quantitative estimate of drug-likeness (QED) is 0.771. The van der Waals surface area contributed by atoms with E-state index in [9.17, 15) is 13.2 Å². The second-order valence-electron chi connectivity index (χ2n) is 6.35. The first-order chi connectivity index (χ1) is 12.1. The molecule has 134 valence electrons. The third-order valence-corrected chi connectivity index (χ3v) is 6.28. The Hall–Kier alpha value is -2.15. The molecule has 25 heavy (non-hydrogen) atoms. The van der Waals surface area contributed by atoms with Crippen LogP contribution in [0, 0.1) is 0 Å². The summed E-state index contributed by atoms with van der Waals surface area (Å²) in [5.41, 5.74) is 3.26. The van der Waals surface area contributed by atoms with E-state index >= 15 is 0 Å². The van der Waals surface area contributed by atoms with Crippen LogP contribution in [0.15, 0.2) is 35.2 Å². The van der Waals surface area contributed by atoms with Gasteiger partial charge in [0.1, 0.15) is 0 Å². The summed E-state index contributed by atoms with van der Waals surface area (Å²) in [5.74, 6) is -0.466. The Bertz CT molecular complexity index is 829. The van der Waals surface area contributed by atoms with Gasteiger partial charge in [-0.2, -0.15) is 5.10 Å². The molecule has 0 saturated heterocycles. The van der Waals surface area contributed by atoms with E-state index in [1.165, 1.54) is 24.1 Å². The first-order valence-electron chi connectivity index (χ1n) is 8.66. The summed E-state index contributed by atoms with van der Waals surface area (Å²) in [7, 11) is -3.43. The largest absolute Gasteiger partial charge is 0.350 e. The molecule has 2 aromatic rings. The van der Waals surface area contributed by atoms with Crippen molar-refractivity contribution in [3.05, 3.63) is 47.3 Å². The lowest BCUT2D eigenvalue weighted by Crippen LogP contribution is -2.25. The van der Waals surface area contributed by atoms with Gasteiger partial charge in [-0.05, 0) is 43.4 Å². The van der Waals surface area contributed by atoms with Crippen molar-refractivity contribution in [2.75, 3.05) is 5.75 Å². The number of carbonyl (C=O) groups is 1. The van der Waals surface area contributed by atoms with Crippen molar-refractivity contribution >= 4 is 15.7 Å². The molecule has 1 aliphatic rings. The number of nitrogens with one attached hydrogen (secondary N) is 2. The molecule has 1 aliphatic carbocycles. The Morgan fingerprint density at radius 3 is 2.68 bits per heavy atom. The van der Waals surface area contributed by atoms with E-state index in [1.54, 1.807) is 30.3 Å². The summed E-state index contributed by atoms with van der Waals surface area (Å²) in [4.78, 5) is 12.3. The summed E-state index contributed by atoms with van der Waals surface area (Å²) in [6, 6.07) is 8.21. The average Bonchev–Trinajstić information content (AvgIpc) is 2.85. The Morgan fingerprint density at radius 1 is 1.12 bits per heavy atom. The molecule has 0 atom stereocenters. The van der Waals surface area contributed by atoms with Gasteiger partial charge in [0.15, 0.2) is 9.84 Å². The van der Waals surface area contributed by atoms with Crippen molar-refractivity contribution in [2.24, 2.45) is 0 Å². The van der Waals surface area contributed by atoms with E-state index in [-0.39, 0.29) is 23.0 Å². The molecule has 6 nitrogen and oxygen atoms in total. The Balaban J connectivity index is 1.53. The van der Waals surface area contributed by atoms with Crippen LogP contribution in [0.1, 0.15) is 42.6 Å². The van der Waals surface area contributed by atoms with Crippen molar-refractivity contribution in [2.45, 2.75) is 50.0 Å². The SMILES string of the molecule is O=C(CCS(=O)(=O)c1ccccc1)NCc1n[nH]c2c1CCCCC2. The van der Waals surface area contributed by atoms with Crippen molar-refractivity contribution in [1.29, 1.82) is 0 Å². The second-order valence-corrected chi connectivity index (χ2v) is 8.46. The van der Waals surface area contributed by atoms with Crippen LogP contribution in [-0.4, -0.2) is 30.3 Å². The minimum Gasteiger partial charge on any atom is -0.350 e. The zero-order valence-corrected chi connectivity index (χ0v) is 14.9. The van der Waals surface area contributed by atoms with E-state index in [1.807, 2.05) is 0 Å². The number of amides is 1. The Labute approximate surface area is 148 Å². The number of aryl methyl sites for hydroxylation is 1. The molecule has 0 aliphatic heterocycles. The number of nitrogens with zero attached hydrogens (tertiary/aromatic N) is 1. The molecule has 1 amide bonds.